The summed E-state index contributed by atoms with van der Waals surface area (Å²) in [7, 11) is 0. The van der Waals surface area contributed by atoms with Gasteiger partial charge in [-0.3, -0.25) is 0 Å². The first-order valence-electron chi connectivity index (χ1n) is 4.74. The van der Waals surface area contributed by atoms with Gasteiger partial charge in [-0.15, -0.1) is 0 Å². The van der Waals surface area contributed by atoms with E-state index in [4.69, 9.17) is 0 Å². The topological polar surface area (TPSA) is 3.24 Å². The number of nitrogens with zero attached hydrogens (tertiary/aromatic N) is 1. The number of halogens is 1. The molecule has 13 heavy (non-hydrogen) atoms. The third kappa shape index (κ3) is 1.41. The number of fused-ring (bicyclic) bond motifs is 1. The fraction of sp³-hybridized carbons (Fsp3) is 0.455. The minimum Gasteiger partial charge on any atom is -0.211 e. The Kier molecular flexibility index (Phi) is 1.98. The van der Waals surface area contributed by atoms with Gasteiger partial charge in [0.25, 0.3) is 0 Å². The molecule has 1 nitrogen and oxygen atoms in total. The van der Waals surface area contributed by atoms with Crippen molar-refractivity contribution >= 4 is 5.69 Å². The SMILES string of the molecule is CC(C)c1ccc2c(c1)CCN2F. The van der Waals surface area contributed by atoms with Crippen molar-refractivity contribution < 1.29 is 4.48 Å². The molecular weight excluding hydrogens is 165 g/mol. The van der Waals surface area contributed by atoms with E-state index in [1.165, 1.54) is 5.56 Å². The van der Waals surface area contributed by atoms with Crippen LogP contribution in [0.4, 0.5) is 10.2 Å². The van der Waals surface area contributed by atoms with E-state index >= 15 is 0 Å². The lowest BCUT2D eigenvalue weighted by Gasteiger charge is -2.09. The molecular formula is C11H14FN. The molecule has 0 amide bonds. The molecule has 1 heterocycles. The number of hydrogen-bond acceptors (Lipinski definition) is 1. The standard InChI is InChI=1S/C11H14FN/c1-8(2)9-3-4-11-10(7-9)5-6-13(11)12/h3-4,7-8H,5-6H2,1-2H3. The van der Waals surface area contributed by atoms with Crippen molar-refractivity contribution in [2.24, 2.45) is 0 Å². The summed E-state index contributed by atoms with van der Waals surface area (Å²) in [6.45, 7) is 4.82. The lowest BCUT2D eigenvalue weighted by atomic mass is 10.00. The molecule has 1 aliphatic heterocycles. The minimum absolute atomic E-state index is 0.511. The number of anilines is 1. The molecule has 0 spiro atoms. The maximum Gasteiger partial charge on any atom is 0.0720 e. The van der Waals surface area contributed by atoms with Crippen molar-refractivity contribution in [3.63, 3.8) is 0 Å². The molecule has 1 aromatic rings. The van der Waals surface area contributed by atoms with Crippen LogP contribution < -0.4 is 5.12 Å². The Balaban J connectivity index is 2.40. The highest BCUT2D eigenvalue weighted by atomic mass is 19.2. The molecule has 0 aromatic heterocycles. The molecule has 0 aliphatic carbocycles. The second kappa shape index (κ2) is 3.02. The first-order valence-corrected chi connectivity index (χ1v) is 4.74. The Hall–Kier alpha value is -1.05. The van der Waals surface area contributed by atoms with Gasteiger partial charge >= 0.3 is 0 Å². The predicted molar refractivity (Wildman–Crippen MR) is 52.7 cm³/mol. The molecule has 0 bridgehead atoms. The van der Waals surface area contributed by atoms with Gasteiger partial charge in [0.15, 0.2) is 0 Å². The second-order valence-corrected chi connectivity index (χ2v) is 3.88. The summed E-state index contributed by atoms with van der Waals surface area (Å²) >= 11 is 0. The van der Waals surface area contributed by atoms with Crippen molar-refractivity contribution in [2.45, 2.75) is 26.2 Å². The van der Waals surface area contributed by atoms with Crippen molar-refractivity contribution in [1.82, 2.24) is 0 Å². The lowest BCUT2D eigenvalue weighted by molar-refractivity contribution is 0.451. The molecule has 0 saturated carbocycles. The van der Waals surface area contributed by atoms with Crippen LogP contribution >= 0.6 is 0 Å². The summed E-state index contributed by atoms with van der Waals surface area (Å²) in [5.74, 6) is 0.527. The summed E-state index contributed by atoms with van der Waals surface area (Å²) in [5.41, 5.74) is 3.20. The lowest BCUT2D eigenvalue weighted by Crippen LogP contribution is -2.05. The van der Waals surface area contributed by atoms with E-state index in [0.29, 0.717) is 12.5 Å². The first kappa shape index (κ1) is 8.54. The van der Waals surface area contributed by atoms with Crippen molar-refractivity contribution in [3.05, 3.63) is 29.3 Å². The molecule has 2 heteroatoms. The van der Waals surface area contributed by atoms with Crippen molar-refractivity contribution in [1.29, 1.82) is 0 Å². The molecule has 0 radical (unpaired) electrons. The van der Waals surface area contributed by atoms with Gasteiger partial charge in [-0.25, -0.2) is 5.12 Å². The fourth-order valence-electron chi connectivity index (χ4n) is 1.74. The molecule has 1 aromatic carbocycles. The Labute approximate surface area is 78.1 Å². The average Bonchev–Trinajstić information content (AvgIpc) is 2.47. The summed E-state index contributed by atoms with van der Waals surface area (Å²) in [6, 6.07) is 6.03. The maximum absolute atomic E-state index is 13.1. The van der Waals surface area contributed by atoms with Crippen LogP contribution in [0.25, 0.3) is 0 Å². The Morgan fingerprint density at radius 1 is 1.38 bits per heavy atom. The Bertz CT molecular complexity index is 320. The molecule has 0 unspecified atom stereocenters. The highest BCUT2D eigenvalue weighted by Crippen LogP contribution is 2.30. The number of benzene rings is 1. The van der Waals surface area contributed by atoms with E-state index in [-0.39, 0.29) is 0 Å². The average molecular weight is 179 g/mol. The monoisotopic (exact) mass is 179 g/mol. The molecule has 2 rings (SSSR count). The smallest absolute Gasteiger partial charge is 0.0720 e. The predicted octanol–water partition coefficient (Wildman–Crippen LogP) is 3.06. The third-order valence-corrected chi connectivity index (χ3v) is 2.61. The van der Waals surface area contributed by atoms with Gasteiger partial charge in [-0.05, 0) is 29.5 Å². The van der Waals surface area contributed by atoms with Gasteiger partial charge in [0, 0.05) is 0 Å². The normalized spacial score (nSPS) is 15.2. The van der Waals surface area contributed by atoms with Crippen LogP contribution in [-0.4, -0.2) is 6.54 Å². The Morgan fingerprint density at radius 2 is 2.15 bits per heavy atom. The largest absolute Gasteiger partial charge is 0.211 e. The molecule has 1 aliphatic rings. The van der Waals surface area contributed by atoms with Crippen LogP contribution in [0.1, 0.15) is 30.9 Å². The highest BCUT2D eigenvalue weighted by Gasteiger charge is 2.18. The summed E-state index contributed by atoms with van der Waals surface area (Å²) in [6.07, 6.45) is 0.840. The van der Waals surface area contributed by atoms with Crippen LogP contribution in [-0.2, 0) is 6.42 Å². The van der Waals surface area contributed by atoms with Gasteiger partial charge < -0.3 is 0 Å². The van der Waals surface area contributed by atoms with Gasteiger partial charge in [-0.1, -0.05) is 30.5 Å². The third-order valence-electron chi connectivity index (χ3n) is 2.61. The van der Waals surface area contributed by atoms with Crippen LogP contribution in [0.5, 0.6) is 0 Å². The zero-order valence-electron chi connectivity index (χ0n) is 8.05. The molecule has 70 valence electrons. The fourth-order valence-corrected chi connectivity index (χ4v) is 1.74. The van der Waals surface area contributed by atoms with Gasteiger partial charge in [-0.2, -0.15) is 0 Å². The van der Waals surface area contributed by atoms with E-state index in [2.05, 4.69) is 19.9 Å². The van der Waals surface area contributed by atoms with Gasteiger partial charge in [0.2, 0.25) is 0 Å². The van der Waals surface area contributed by atoms with Crippen LogP contribution in [0.3, 0.4) is 0 Å². The number of rotatable bonds is 1. The summed E-state index contributed by atoms with van der Waals surface area (Å²) < 4.78 is 13.1. The zero-order valence-corrected chi connectivity index (χ0v) is 8.05. The second-order valence-electron chi connectivity index (χ2n) is 3.88. The summed E-state index contributed by atoms with van der Waals surface area (Å²) in [4.78, 5) is 0. The van der Waals surface area contributed by atoms with Crippen LogP contribution in [0.15, 0.2) is 18.2 Å². The first-order chi connectivity index (χ1) is 6.18. The van der Waals surface area contributed by atoms with Crippen molar-refractivity contribution in [2.75, 3.05) is 11.7 Å². The van der Waals surface area contributed by atoms with E-state index in [1.807, 2.05) is 12.1 Å². The molecule has 0 N–H and O–H groups in total. The zero-order chi connectivity index (χ0) is 9.42. The van der Waals surface area contributed by atoms with E-state index in [1.54, 1.807) is 0 Å². The van der Waals surface area contributed by atoms with Crippen molar-refractivity contribution in [3.8, 4) is 0 Å². The van der Waals surface area contributed by atoms with Gasteiger partial charge in [0.05, 0.1) is 12.2 Å². The van der Waals surface area contributed by atoms with E-state index in [0.717, 1.165) is 22.8 Å². The molecule has 0 atom stereocenters. The summed E-state index contributed by atoms with van der Waals surface area (Å²) in [5, 5.41) is 0.833. The van der Waals surface area contributed by atoms with E-state index < -0.39 is 0 Å². The number of hydrogen-bond donors (Lipinski definition) is 0. The van der Waals surface area contributed by atoms with E-state index in [9.17, 15) is 4.48 Å². The Morgan fingerprint density at radius 3 is 2.85 bits per heavy atom. The quantitative estimate of drug-likeness (QED) is 0.599. The van der Waals surface area contributed by atoms with Crippen LogP contribution in [0, 0.1) is 0 Å². The maximum atomic E-state index is 13.1. The minimum atomic E-state index is 0.511. The van der Waals surface area contributed by atoms with Gasteiger partial charge in [0.1, 0.15) is 0 Å². The highest BCUT2D eigenvalue weighted by molar-refractivity contribution is 5.57. The molecule has 0 fully saturated rings. The molecule has 0 saturated heterocycles. The van der Waals surface area contributed by atoms with Crippen LogP contribution in [0.2, 0.25) is 0 Å².